The van der Waals surface area contributed by atoms with Crippen LogP contribution in [0.4, 0.5) is 0 Å². The maximum absolute atomic E-state index is 12.5. The molecule has 1 fully saturated rings. The van der Waals surface area contributed by atoms with Gasteiger partial charge in [0, 0.05) is 17.4 Å². The Morgan fingerprint density at radius 3 is 2.59 bits per heavy atom. The molecule has 1 aromatic carbocycles. The predicted molar refractivity (Wildman–Crippen MR) is 102 cm³/mol. The quantitative estimate of drug-likeness (QED) is 0.607. The summed E-state index contributed by atoms with van der Waals surface area (Å²) in [6.07, 6.45) is 0.377. The van der Waals surface area contributed by atoms with Crippen LogP contribution < -0.4 is 20.1 Å². The molecule has 1 heterocycles. The van der Waals surface area contributed by atoms with Crippen LogP contribution in [0.1, 0.15) is 30.6 Å². The van der Waals surface area contributed by atoms with Crippen LogP contribution in [0.15, 0.2) is 18.2 Å². The third kappa shape index (κ3) is 5.29. The molecule has 1 saturated heterocycles. The number of hydrogen-bond donors (Lipinski definition) is 3. The van der Waals surface area contributed by atoms with E-state index in [1.54, 1.807) is 0 Å². The largest absolute Gasteiger partial charge is 0.493 e. The zero-order chi connectivity index (χ0) is 20.0. The number of aliphatic carboxylic acids is 1. The molecule has 0 bridgehead atoms. The van der Waals surface area contributed by atoms with Crippen LogP contribution in [0.2, 0.25) is 0 Å². The smallest absolute Gasteiger partial charge is 0.330 e. The predicted octanol–water partition coefficient (Wildman–Crippen LogP) is 1.29. The maximum atomic E-state index is 12.5. The summed E-state index contributed by atoms with van der Waals surface area (Å²) in [5.74, 6) is -0.192. The van der Waals surface area contributed by atoms with Gasteiger partial charge in [-0.15, -0.1) is 0 Å². The van der Waals surface area contributed by atoms with Gasteiger partial charge in [0.1, 0.15) is 5.54 Å². The molecule has 2 rings (SSSR count). The van der Waals surface area contributed by atoms with Crippen LogP contribution in [0, 0.1) is 0 Å². The molecule has 1 atom stereocenters. The molecule has 8 nitrogen and oxygen atoms in total. The van der Waals surface area contributed by atoms with Gasteiger partial charge in [0.15, 0.2) is 18.1 Å². The summed E-state index contributed by atoms with van der Waals surface area (Å²) in [5.41, 5.74) is -0.998. The number of carboxylic acids is 1. The van der Waals surface area contributed by atoms with Crippen molar-refractivity contribution >= 4 is 29.5 Å². The van der Waals surface area contributed by atoms with Crippen LogP contribution >= 0.6 is 11.8 Å². The van der Waals surface area contributed by atoms with E-state index in [9.17, 15) is 19.5 Å². The zero-order valence-electron chi connectivity index (χ0n) is 15.5. The first-order chi connectivity index (χ1) is 12.8. The van der Waals surface area contributed by atoms with Gasteiger partial charge >= 0.3 is 5.97 Å². The molecule has 148 valence electrons. The van der Waals surface area contributed by atoms with Crippen molar-refractivity contribution < 1.29 is 29.0 Å². The second kappa shape index (κ2) is 8.98. The molecular formula is C18H24N2O6S. The van der Waals surface area contributed by atoms with Crippen molar-refractivity contribution in [3.63, 3.8) is 0 Å². The van der Waals surface area contributed by atoms with Crippen molar-refractivity contribution in [1.82, 2.24) is 10.6 Å². The number of carboxylic acid groups (broad SMARTS) is 1. The minimum absolute atomic E-state index is 0.00405. The van der Waals surface area contributed by atoms with Crippen LogP contribution in [0.25, 0.3) is 0 Å². The van der Waals surface area contributed by atoms with E-state index in [4.69, 9.17) is 9.47 Å². The number of hydrogen-bond acceptors (Lipinski definition) is 6. The molecule has 1 aliphatic heterocycles. The van der Waals surface area contributed by atoms with Crippen molar-refractivity contribution in [1.29, 1.82) is 0 Å². The van der Waals surface area contributed by atoms with Crippen molar-refractivity contribution in [2.45, 2.75) is 31.8 Å². The Kier molecular flexibility index (Phi) is 6.95. The van der Waals surface area contributed by atoms with Crippen LogP contribution in [0.3, 0.4) is 0 Å². The van der Waals surface area contributed by atoms with Crippen molar-refractivity contribution in [2.24, 2.45) is 0 Å². The van der Waals surface area contributed by atoms with Gasteiger partial charge in [0.2, 0.25) is 0 Å². The van der Waals surface area contributed by atoms with Crippen molar-refractivity contribution in [3.05, 3.63) is 23.8 Å². The summed E-state index contributed by atoms with van der Waals surface area (Å²) >= 11 is 1.49. The first-order valence-electron chi connectivity index (χ1n) is 8.51. The van der Waals surface area contributed by atoms with Crippen molar-refractivity contribution in [2.75, 3.05) is 25.2 Å². The summed E-state index contributed by atoms with van der Waals surface area (Å²) in [5, 5.41) is 14.8. The highest BCUT2D eigenvalue weighted by Crippen LogP contribution is 2.31. The van der Waals surface area contributed by atoms with Gasteiger partial charge in [-0.1, -0.05) is 0 Å². The summed E-state index contributed by atoms with van der Waals surface area (Å²) < 4.78 is 10.7. The number of carbonyl (C=O) groups excluding carboxylic acids is 2. The highest BCUT2D eigenvalue weighted by atomic mass is 32.2. The molecule has 0 aliphatic carbocycles. The highest BCUT2D eigenvalue weighted by Gasteiger charge is 2.43. The Morgan fingerprint density at radius 1 is 1.30 bits per heavy atom. The average Bonchev–Trinajstić information content (AvgIpc) is 3.09. The normalized spacial score (nSPS) is 18.8. The number of carbonyl (C=O) groups is 3. The molecule has 1 unspecified atom stereocenters. The summed E-state index contributed by atoms with van der Waals surface area (Å²) in [6.45, 7) is 3.51. The van der Waals surface area contributed by atoms with Gasteiger partial charge < -0.3 is 25.2 Å². The number of thioether (sulfide) groups is 1. The molecule has 3 N–H and O–H groups in total. The zero-order valence-corrected chi connectivity index (χ0v) is 16.4. The van der Waals surface area contributed by atoms with Gasteiger partial charge in [-0.05, 0) is 44.2 Å². The first-order valence-corrected chi connectivity index (χ1v) is 9.67. The molecule has 0 radical (unpaired) electrons. The molecular weight excluding hydrogens is 372 g/mol. The lowest BCUT2D eigenvalue weighted by molar-refractivity contribution is -0.143. The third-order valence-electron chi connectivity index (χ3n) is 4.02. The number of benzene rings is 1. The van der Waals surface area contributed by atoms with Gasteiger partial charge in [-0.3, -0.25) is 9.59 Å². The van der Waals surface area contributed by atoms with Gasteiger partial charge in [-0.2, -0.15) is 11.8 Å². The average molecular weight is 396 g/mol. The Labute approximate surface area is 162 Å². The van der Waals surface area contributed by atoms with E-state index in [0.717, 1.165) is 0 Å². The number of methoxy groups -OCH3 is 1. The molecule has 0 spiro atoms. The van der Waals surface area contributed by atoms with Crippen LogP contribution in [-0.2, 0) is 9.59 Å². The number of amides is 2. The Hall–Kier alpha value is -2.42. The number of rotatable bonds is 8. The second-order valence-corrected chi connectivity index (χ2v) is 7.63. The molecule has 27 heavy (non-hydrogen) atoms. The molecule has 0 saturated carbocycles. The highest BCUT2D eigenvalue weighted by molar-refractivity contribution is 7.99. The number of ether oxygens (including phenoxy) is 2. The lowest BCUT2D eigenvalue weighted by atomic mass is 9.98. The summed E-state index contributed by atoms with van der Waals surface area (Å²) in [4.78, 5) is 35.8. The van der Waals surface area contributed by atoms with Gasteiger partial charge in [0.05, 0.1) is 7.11 Å². The molecule has 1 aliphatic rings. The standard InChI is InChI=1S/C18H24N2O6S/c1-11(2)19-15(21)9-26-13-5-4-12(8-14(13)25-3)16(22)20-18(17(23)24)6-7-27-10-18/h4-5,8,11H,6-7,9-10H2,1-3H3,(H,19,21)(H,20,22)(H,23,24). The SMILES string of the molecule is COc1cc(C(=O)NC2(C(=O)O)CCSC2)ccc1OCC(=O)NC(C)C. The van der Waals surface area contributed by atoms with E-state index in [0.29, 0.717) is 23.7 Å². The fourth-order valence-corrected chi connectivity index (χ4v) is 3.94. The molecule has 1 aromatic rings. The van der Waals surface area contributed by atoms with Crippen LogP contribution in [0.5, 0.6) is 11.5 Å². The minimum atomic E-state index is -1.25. The third-order valence-corrected chi connectivity index (χ3v) is 5.21. The van der Waals surface area contributed by atoms with E-state index in [1.165, 1.54) is 37.1 Å². The minimum Gasteiger partial charge on any atom is -0.493 e. The fraction of sp³-hybridized carbons (Fsp3) is 0.500. The lowest BCUT2D eigenvalue weighted by Gasteiger charge is -2.24. The number of nitrogens with one attached hydrogen (secondary N) is 2. The Balaban J connectivity index is 2.09. The van der Waals surface area contributed by atoms with Crippen molar-refractivity contribution in [3.8, 4) is 11.5 Å². The topological polar surface area (TPSA) is 114 Å². The van der Waals surface area contributed by atoms with Gasteiger partial charge in [0.25, 0.3) is 11.8 Å². The summed E-state index contributed by atoms with van der Waals surface area (Å²) in [7, 11) is 1.42. The first kappa shape index (κ1) is 20.9. The van der Waals surface area contributed by atoms with E-state index >= 15 is 0 Å². The molecule has 9 heteroatoms. The van der Waals surface area contributed by atoms with Crippen LogP contribution in [-0.4, -0.2) is 59.7 Å². The second-order valence-electron chi connectivity index (χ2n) is 6.52. The van der Waals surface area contributed by atoms with E-state index in [1.807, 2.05) is 13.8 Å². The molecule has 2 amide bonds. The fourth-order valence-electron chi connectivity index (χ4n) is 2.61. The monoisotopic (exact) mass is 396 g/mol. The van der Waals surface area contributed by atoms with E-state index in [2.05, 4.69) is 10.6 Å². The molecule has 0 aromatic heterocycles. The Morgan fingerprint density at radius 2 is 2.04 bits per heavy atom. The maximum Gasteiger partial charge on any atom is 0.330 e. The Bertz CT molecular complexity index is 716. The summed E-state index contributed by atoms with van der Waals surface area (Å²) in [6, 6.07) is 4.49. The van der Waals surface area contributed by atoms with E-state index in [-0.39, 0.29) is 29.9 Å². The lowest BCUT2D eigenvalue weighted by Crippen LogP contribution is -2.54. The van der Waals surface area contributed by atoms with Gasteiger partial charge in [-0.25, -0.2) is 4.79 Å². The van der Waals surface area contributed by atoms with E-state index < -0.39 is 17.4 Å².